The second kappa shape index (κ2) is 4.78. The maximum Gasteiger partial charge on any atom is 0.118 e. The molecule has 4 rings (SSSR count). The lowest BCUT2D eigenvalue weighted by Crippen LogP contribution is -2.29. The number of nitrogens with zero attached hydrogens (tertiary/aromatic N) is 1. The lowest BCUT2D eigenvalue weighted by Gasteiger charge is -2.26. The molecule has 0 saturated heterocycles. The molecule has 0 bridgehead atoms. The molecule has 2 aromatic heterocycles. The van der Waals surface area contributed by atoms with Crippen molar-refractivity contribution in [1.82, 2.24) is 9.88 Å². The Labute approximate surface area is 124 Å². The smallest absolute Gasteiger partial charge is 0.118 e. The number of aromatic amines is 1. The molecule has 3 heteroatoms. The van der Waals surface area contributed by atoms with Crippen LogP contribution in [0.25, 0.3) is 10.9 Å². The van der Waals surface area contributed by atoms with E-state index in [2.05, 4.69) is 47.1 Å². The quantitative estimate of drug-likeness (QED) is 0.771. The number of aryl methyl sites for hydroxylation is 2. The van der Waals surface area contributed by atoms with Gasteiger partial charge in [-0.3, -0.25) is 4.90 Å². The summed E-state index contributed by atoms with van der Waals surface area (Å²) in [4.78, 5) is 6.03. The lowest BCUT2D eigenvalue weighted by molar-refractivity contribution is 0.222. The van der Waals surface area contributed by atoms with Crippen LogP contribution in [0.1, 0.15) is 28.3 Å². The Balaban J connectivity index is 1.59. The predicted molar refractivity (Wildman–Crippen MR) is 84.3 cm³/mol. The molecule has 0 fully saturated rings. The zero-order valence-corrected chi connectivity index (χ0v) is 12.6. The summed E-state index contributed by atoms with van der Waals surface area (Å²) in [6, 6.07) is 10.8. The zero-order valence-electron chi connectivity index (χ0n) is 12.6. The van der Waals surface area contributed by atoms with Gasteiger partial charge in [-0.2, -0.15) is 0 Å². The molecule has 1 aliphatic heterocycles. The first-order valence-corrected chi connectivity index (χ1v) is 7.57. The normalized spacial score (nSPS) is 15.5. The van der Waals surface area contributed by atoms with Gasteiger partial charge in [-0.05, 0) is 43.5 Å². The number of para-hydroxylation sites is 1. The number of rotatable bonds is 2. The first kappa shape index (κ1) is 12.7. The molecule has 3 nitrogen and oxygen atoms in total. The second-order valence-electron chi connectivity index (χ2n) is 6.04. The third-order valence-electron chi connectivity index (χ3n) is 4.56. The average Bonchev–Trinajstić information content (AvgIpc) is 2.99. The van der Waals surface area contributed by atoms with Crippen LogP contribution < -0.4 is 0 Å². The first-order chi connectivity index (χ1) is 10.2. The maximum atomic E-state index is 5.81. The highest BCUT2D eigenvalue weighted by Gasteiger charge is 2.21. The minimum Gasteiger partial charge on any atom is -0.465 e. The third-order valence-corrected chi connectivity index (χ3v) is 4.56. The third kappa shape index (κ3) is 2.18. The molecular weight excluding hydrogens is 260 g/mol. The summed E-state index contributed by atoms with van der Waals surface area (Å²) in [6.07, 6.45) is 1.11. The van der Waals surface area contributed by atoms with Crippen LogP contribution in [0.4, 0.5) is 0 Å². The van der Waals surface area contributed by atoms with E-state index in [1.54, 1.807) is 0 Å². The fraction of sp³-hybridized carbons (Fsp3) is 0.333. The fourth-order valence-corrected chi connectivity index (χ4v) is 3.33. The van der Waals surface area contributed by atoms with Crippen molar-refractivity contribution in [3.05, 3.63) is 58.7 Å². The topological polar surface area (TPSA) is 32.2 Å². The molecule has 3 aromatic rings. The van der Waals surface area contributed by atoms with Crippen LogP contribution in [-0.4, -0.2) is 16.4 Å². The highest BCUT2D eigenvalue weighted by molar-refractivity contribution is 5.84. The molecule has 0 spiro atoms. The molecule has 0 atom stereocenters. The monoisotopic (exact) mass is 280 g/mol. The van der Waals surface area contributed by atoms with Gasteiger partial charge in [0, 0.05) is 29.7 Å². The molecule has 0 radical (unpaired) electrons. The summed E-state index contributed by atoms with van der Waals surface area (Å²) in [5.41, 5.74) is 5.36. The Morgan fingerprint density at radius 1 is 1.24 bits per heavy atom. The maximum absolute atomic E-state index is 5.81. The minimum absolute atomic E-state index is 0.892. The van der Waals surface area contributed by atoms with Crippen molar-refractivity contribution in [2.45, 2.75) is 33.4 Å². The van der Waals surface area contributed by atoms with Gasteiger partial charge in [0.2, 0.25) is 0 Å². The molecule has 0 unspecified atom stereocenters. The molecule has 1 N–H and O–H groups in total. The van der Waals surface area contributed by atoms with Gasteiger partial charge in [-0.1, -0.05) is 18.2 Å². The Morgan fingerprint density at radius 2 is 2.10 bits per heavy atom. The van der Waals surface area contributed by atoms with Crippen LogP contribution in [0.3, 0.4) is 0 Å². The van der Waals surface area contributed by atoms with Crippen molar-refractivity contribution < 1.29 is 4.42 Å². The van der Waals surface area contributed by atoms with E-state index < -0.39 is 0 Å². The Kier molecular flexibility index (Phi) is 2.89. The van der Waals surface area contributed by atoms with Gasteiger partial charge in [-0.25, -0.2) is 0 Å². The number of hydrogen-bond acceptors (Lipinski definition) is 2. The fourth-order valence-electron chi connectivity index (χ4n) is 3.33. The number of furan rings is 1. The number of aromatic nitrogens is 1. The highest BCUT2D eigenvalue weighted by Crippen LogP contribution is 2.28. The zero-order chi connectivity index (χ0) is 14.4. The number of fused-ring (bicyclic) bond motifs is 3. The van der Waals surface area contributed by atoms with Gasteiger partial charge in [0.15, 0.2) is 0 Å². The van der Waals surface area contributed by atoms with Gasteiger partial charge in [0.05, 0.1) is 6.54 Å². The number of H-pyrrole nitrogens is 1. The van der Waals surface area contributed by atoms with E-state index in [4.69, 9.17) is 4.42 Å². The largest absolute Gasteiger partial charge is 0.465 e. The summed E-state index contributed by atoms with van der Waals surface area (Å²) >= 11 is 0. The second-order valence-corrected chi connectivity index (χ2v) is 6.04. The SMILES string of the molecule is Cc1cc(CN2CCc3c([nH]c4ccccc34)C2)oc1C. The number of nitrogens with one attached hydrogen (secondary N) is 1. The molecule has 108 valence electrons. The van der Waals surface area contributed by atoms with Gasteiger partial charge >= 0.3 is 0 Å². The Morgan fingerprint density at radius 3 is 2.90 bits per heavy atom. The van der Waals surface area contributed by atoms with E-state index in [1.807, 2.05) is 6.92 Å². The van der Waals surface area contributed by atoms with E-state index in [-0.39, 0.29) is 0 Å². The lowest BCUT2D eigenvalue weighted by atomic mass is 10.0. The van der Waals surface area contributed by atoms with Gasteiger partial charge in [-0.15, -0.1) is 0 Å². The molecule has 1 aliphatic rings. The van der Waals surface area contributed by atoms with Crippen molar-refractivity contribution in [1.29, 1.82) is 0 Å². The van der Waals surface area contributed by atoms with Crippen LogP contribution in [0.2, 0.25) is 0 Å². The van der Waals surface area contributed by atoms with E-state index in [0.29, 0.717) is 0 Å². The molecule has 21 heavy (non-hydrogen) atoms. The van der Waals surface area contributed by atoms with Gasteiger partial charge in [0.25, 0.3) is 0 Å². The Hall–Kier alpha value is -2.00. The Bertz CT molecular complexity index is 777. The van der Waals surface area contributed by atoms with Gasteiger partial charge < -0.3 is 9.40 Å². The van der Waals surface area contributed by atoms with Gasteiger partial charge in [0.1, 0.15) is 11.5 Å². The van der Waals surface area contributed by atoms with Crippen LogP contribution >= 0.6 is 0 Å². The minimum atomic E-state index is 0.892. The van der Waals surface area contributed by atoms with Crippen LogP contribution in [-0.2, 0) is 19.5 Å². The summed E-state index contributed by atoms with van der Waals surface area (Å²) in [6.45, 7) is 7.10. The predicted octanol–water partition coefficient (Wildman–Crippen LogP) is 3.94. The van der Waals surface area contributed by atoms with Crippen LogP contribution in [0.15, 0.2) is 34.7 Å². The summed E-state index contributed by atoms with van der Waals surface area (Å²) < 4.78 is 5.81. The van der Waals surface area contributed by atoms with E-state index >= 15 is 0 Å². The number of benzene rings is 1. The first-order valence-electron chi connectivity index (χ1n) is 7.57. The van der Waals surface area contributed by atoms with E-state index in [9.17, 15) is 0 Å². The molecule has 1 aromatic carbocycles. The highest BCUT2D eigenvalue weighted by atomic mass is 16.3. The average molecular weight is 280 g/mol. The van der Waals surface area contributed by atoms with Crippen molar-refractivity contribution in [3.8, 4) is 0 Å². The van der Waals surface area contributed by atoms with Crippen molar-refractivity contribution in [3.63, 3.8) is 0 Å². The molecule has 0 amide bonds. The number of hydrogen-bond donors (Lipinski definition) is 1. The van der Waals surface area contributed by atoms with Crippen LogP contribution in [0.5, 0.6) is 0 Å². The molecular formula is C18H20N2O. The van der Waals surface area contributed by atoms with E-state index in [1.165, 1.54) is 27.7 Å². The standard InChI is InChI=1S/C18H20N2O/c1-12-9-14(21-13(12)2)10-20-8-7-16-15-5-3-4-6-17(15)19-18(16)11-20/h3-6,9,19H,7-8,10-11H2,1-2H3. The van der Waals surface area contributed by atoms with E-state index in [0.717, 1.165) is 37.6 Å². The summed E-state index contributed by atoms with van der Waals surface area (Å²) in [5.74, 6) is 2.11. The molecule has 0 aliphatic carbocycles. The summed E-state index contributed by atoms with van der Waals surface area (Å²) in [5, 5.41) is 1.39. The van der Waals surface area contributed by atoms with Crippen LogP contribution in [0, 0.1) is 13.8 Å². The van der Waals surface area contributed by atoms with Crippen molar-refractivity contribution >= 4 is 10.9 Å². The molecule has 0 saturated carbocycles. The summed E-state index contributed by atoms with van der Waals surface area (Å²) in [7, 11) is 0. The van der Waals surface area contributed by atoms with Crippen molar-refractivity contribution in [2.75, 3.05) is 6.54 Å². The molecule has 3 heterocycles. The van der Waals surface area contributed by atoms with Crippen molar-refractivity contribution in [2.24, 2.45) is 0 Å².